The predicted octanol–water partition coefficient (Wildman–Crippen LogP) is 3.82. The van der Waals surface area contributed by atoms with Gasteiger partial charge in [0.15, 0.2) is 5.11 Å². The lowest BCUT2D eigenvalue weighted by Gasteiger charge is -2.26. The van der Waals surface area contributed by atoms with Gasteiger partial charge in [-0.2, -0.15) is 4.31 Å². The second-order valence-corrected chi connectivity index (χ2v) is 8.94. The molecule has 0 radical (unpaired) electrons. The topological polar surface area (TPSA) is 70.7 Å². The third-order valence-electron chi connectivity index (χ3n) is 3.88. The SMILES string of the molecule is O=S(=O)(c1cccc(NC(=S)Nc2cc(Cl)ccc2Cl)c1)N1CCOCC1. The van der Waals surface area contributed by atoms with Crippen LogP contribution in [0.15, 0.2) is 47.4 Å². The Morgan fingerprint density at radius 1 is 1.07 bits per heavy atom. The van der Waals surface area contributed by atoms with Crippen LogP contribution in [0.5, 0.6) is 0 Å². The molecule has 144 valence electrons. The molecule has 10 heteroatoms. The fourth-order valence-corrected chi connectivity index (χ4v) is 4.57. The van der Waals surface area contributed by atoms with E-state index in [0.717, 1.165) is 0 Å². The van der Waals surface area contributed by atoms with E-state index in [9.17, 15) is 8.42 Å². The number of nitrogens with zero attached hydrogens (tertiary/aromatic N) is 1. The summed E-state index contributed by atoms with van der Waals surface area (Å²) in [6, 6.07) is 11.5. The Morgan fingerprint density at radius 3 is 2.56 bits per heavy atom. The van der Waals surface area contributed by atoms with E-state index >= 15 is 0 Å². The molecule has 3 rings (SSSR count). The highest BCUT2D eigenvalue weighted by Crippen LogP contribution is 2.26. The van der Waals surface area contributed by atoms with Crippen LogP contribution in [-0.4, -0.2) is 44.1 Å². The van der Waals surface area contributed by atoms with Crippen molar-refractivity contribution >= 4 is 61.9 Å². The Bertz CT molecular complexity index is 948. The van der Waals surface area contributed by atoms with Crippen LogP contribution in [0.2, 0.25) is 10.0 Å². The first kappa shape index (κ1) is 20.3. The molecule has 1 fully saturated rings. The molecule has 0 bridgehead atoms. The first-order valence-electron chi connectivity index (χ1n) is 8.07. The largest absolute Gasteiger partial charge is 0.379 e. The summed E-state index contributed by atoms with van der Waals surface area (Å²) in [4.78, 5) is 0.193. The van der Waals surface area contributed by atoms with Crippen molar-refractivity contribution in [2.75, 3.05) is 36.9 Å². The van der Waals surface area contributed by atoms with Crippen molar-refractivity contribution in [2.24, 2.45) is 0 Å². The Labute approximate surface area is 173 Å². The van der Waals surface area contributed by atoms with Gasteiger partial charge >= 0.3 is 0 Å². The molecule has 2 aromatic rings. The molecular weight excluding hydrogens is 429 g/mol. The van der Waals surface area contributed by atoms with Crippen LogP contribution in [-0.2, 0) is 14.8 Å². The number of sulfonamides is 1. The van der Waals surface area contributed by atoms with Crippen LogP contribution in [0.1, 0.15) is 0 Å². The first-order chi connectivity index (χ1) is 12.9. The van der Waals surface area contributed by atoms with Gasteiger partial charge in [0.05, 0.1) is 28.8 Å². The molecule has 0 aliphatic carbocycles. The van der Waals surface area contributed by atoms with Crippen molar-refractivity contribution in [3.8, 4) is 0 Å². The van der Waals surface area contributed by atoms with E-state index in [2.05, 4.69) is 10.6 Å². The van der Waals surface area contributed by atoms with Crippen molar-refractivity contribution in [1.29, 1.82) is 0 Å². The van der Waals surface area contributed by atoms with Crippen molar-refractivity contribution < 1.29 is 13.2 Å². The molecule has 1 heterocycles. The summed E-state index contributed by atoms with van der Waals surface area (Å²) in [7, 11) is -3.58. The first-order valence-corrected chi connectivity index (χ1v) is 10.7. The number of halogens is 2. The molecular formula is C17H17Cl2N3O3S2. The molecule has 1 aliphatic heterocycles. The molecule has 27 heavy (non-hydrogen) atoms. The van der Waals surface area contributed by atoms with Gasteiger partial charge in [-0.3, -0.25) is 0 Å². The van der Waals surface area contributed by atoms with Crippen LogP contribution in [0.25, 0.3) is 0 Å². The maximum Gasteiger partial charge on any atom is 0.243 e. The van der Waals surface area contributed by atoms with E-state index in [1.165, 1.54) is 4.31 Å². The summed E-state index contributed by atoms with van der Waals surface area (Å²) in [5, 5.41) is 7.16. The Kier molecular flexibility index (Phi) is 6.56. The summed E-state index contributed by atoms with van der Waals surface area (Å²) in [5.41, 5.74) is 1.10. The zero-order valence-corrected chi connectivity index (χ0v) is 17.3. The molecule has 0 spiro atoms. The van der Waals surface area contributed by atoms with E-state index in [1.807, 2.05) is 0 Å². The standard InChI is InChI=1S/C17H17Cl2N3O3S2/c18-12-4-5-15(19)16(10-12)21-17(26)20-13-2-1-3-14(11-13)27(23,24)22-6-8-25-9-7-22/h1-5,10-11H,6-9H2,(H2,20,21,26). The summed E-state index contributed by atoms with van der Waals surface area (Å²) < 4.78 is 32.2. The van der Waals surface area contributed by atoms with Crippen LogP contribution in [0.3, 0.4) is 0 Å². The van der Waals surface area contributed by atoms with Gasteiger partial charge in [0, 0.05) is 23.8 Å². The maximum absolute atomic E-state index is 12.8. The normalized spacial score (nSPS) is 15.3. The second-order valence-electron chi connectivity index (χ2n) is 5.75. The summed E-state index contributed by atoms with van der Waals surface area (Å²) in [6.45, 7) is 1.47. The minimum atomic E-state index is -3.58. The number of rotatable bonds is 4. The fraction of sp³-hybridized carbons (Fsp3) is 0.235. The number of hydrogen-bond acceptors (Lipinski definition) is 4. The van der Waals surface area contributed by atoms with Crippen LogP contribution >= 0.6 is 35.4 Å². The van der Waals surface area contributed by atoms with Crippen molar-refractivity contribution in [3.05, 3.63) is 52.5 Å². The lowest BCUT2D eigenvalue weighted by atomic mass is 10.3. The number of hydrogen-bond donors (Lipinski definition) is 2. The van der Waals surface area contributed by atoms with Gasteiger partial charge in [0.2, 0.25) is 10.0 Å². The fourth-order valence-electron chi connectivity index (χ4n) is 2.55. The van der Waals surface area contributed by atoms with Gasteiger partial charge in [-0.1, -0.05) is 29.3 Å². The highest BCUT2D eigenvalue weighted by atomic mass is 35.5. The minimum absolute atomic E-state index is 0.193. The van der Waals surface area contributed by atoms with E-state index in [0.29, 0.717) is 47.7 Å². The summed E-state index contributed by atoms with van der Waals surface area (Å²) >= 11 is 17.4. The van der Waals surface area contributed by atoms with E-state index in [-0.39, 0.29) is 10.0 Å². The molecule has 0 aromatic heterocycles. The van der Waals surface area contributed by atoms with Gasteiger partial charge < -0.3 is 15.4 Å². The molecule has 0 amide bonds. The molecule has 1 aliphatic rings. The van der Waals surface area contributed by atoms with Crippen LogP contribution in [0.4, 0.5) is 11.4 Å². The third-order valence-corrected chi connectivity index (χ3v) is 6.54. The van der Waals surface area contributed by atoms with Gasteiger partial charge in [-0.15, -0.1) is 0 Å². The number of nitrogens with one attached hydrogen (secondary N) is 2. The Hall–Kier alpha value is -1.42. The molecule has 0 unspecified atom stereocenters. The number of anilines is 2. The molecule has 6 nitrogen and oxygen atoms in total. The molecule has 0 saturated carbocycles. The highest BCUT2D eigenvalue weighted by molar-refractivity contribution is 7.89. The lowest BCUT2D eigenvalue weighted by molar-refractivity contribution is 0.0730. The second kappa shape index (κ2) is 8.72. The monoisotopic (exact) mass is 445 g/mol. The molecule has 0 atom stereocenters. The third kappa shape index (κ3) is 5.10. The van der Waals surface area contributed by atoms with Crippen LogP contribution < -0.4 is 10.6 Å². The van der Waals surface area contributed by atoms with Crippen molar-refractivity contribution in [2.45, 2.75) is 4.90 Å². The average Bonchev–Trinajstić information content (AvgIpc) is 2.65. The lowest BCUT2D eigenvalue weighted by Crippen LogP contribution is -2.40. The summed E-state index contributed by atoms with van der Waals surface area (Å²) in [6.07, 6.45) is 0. The summed E-state index contributed by atoms with van der Waals surface area (Å²) in [5.74, 6) is 0. The minimum Gasteiger partial charge on any atom is -0.379 e. The van der Waals surface area contributed by atoms with Crippen molar-refractivity contribution in [1.82, 2.24) is 4.31 Å². The molecule has 2 aromatic carbocycles. The number of benzene rings is 2. The van der Waals surface area contributed by atoms with Gasteiger partial charge in [0.25, 0.3) is 0 Å². The Balaban J connectivity index is 1.73. The molecule has 2 N–H and O–H groups in total. The van der Waals surface area contributed by atoms with Crippen LogP contribution in [0, 0.1) is 0 Å². The van der Waals surface area contributed by atoms with Gasteiger partial charge in [0.1, 0.15) is 0 Å². The smallest absolute Gasteiger partial charge is 0.243 e. The average molecular weight is 446 g/mol. The van der Waals surface area contributed by atoms with Gasteiger partial charge in [-0.25, -0.2) is 8.42 Å². The van der Waals surface area contributed by atoms with Crippen molar-refractivity contribution in [3.63, 3.8) is 0 Å². The predicted molar refractivity (Wildman–Crippen MR) is 112 cm³/mol. The zero-order valence-electron chi connectivity index (χ0n) is 14.1. The van der Waals surface area contributed by atoms with E-state index in [4.69, 9.17) is 40.2 Å². The van der Waals surface area contributed by atoms with E-state index < -0.39 is 10.0 Å². The van der Waals surface area contributed by atoms with Gasteiger partial charge in [-0.05, 0) is 48.6 Å². The quantitative estimate of drug-likeness (QED) is 0.696. The molecule has 1 saturated heterocycles. The highest BCUT2D eigenvalue weighted by Gasteiger charge is 2.26. The number of thiocarbonyl (C=S) groups is 1. The Morgan fingerprint density at radius 2 is 1.81 bits per heavy atom. The number of ether oxygens (including phenoxy) is 1. The number of morpholine rings is 1. The zero-order chi connectivity index (χ0) is 19.4. The maximum atomic E-state index is 12.8. The van der Waals surface area contributed by atoms with E-state index in [1.54, 1.807) is 42.5 Å².